The van der Waals surface area contributed by atoms with E-state index in [9.17, 15) is 15.6 Å². The summed E-state index contributed by atoms with van der Waals surface area (Å²) in [7, 11) is 0. The molecule has 30 heavy (non-hydrogen) atoms. The molecule has 0 aromatic heterocycles. The Morgan fingerprint density at radius 2 is 1.17 bits per heavy atom. The highest BCUT2D eigenvalue weighted by atomic mass is 16.5. The van der Waals surface area contributed by atoms with Crippen LogP contribution in [0.5, 0.6) is 0 Å². The fourth-order valence-electron chi connectivity index (χ4n) is 5.17. The number of nitriles is 2. The van der Waals surface area contributed by atoms with E-state index in [1.54, 1.807) is 0 Å². The van der Waals surface area contributed by atoms with Gasteiger partial charge in [0.2, 0.25) is 0 Å². The Kier molecular flexibility index (Phi) is 8.92. The third-order valence-electron chi connectivity index (χ3n) is 7.30. The van der Waals surface area contributed by atoms with Crippen LogP contribution >= 0.6 is 0 Å². The van der Waals surface area contributed by atoms with Gasteiger partial charge in [-0.15, -0.1) is 0 Å². The lowest BCUT2D eigenvalue weighted by Gasteiger charge is -2.31. The largest absolute Gasteiger partial charge is 0.390 e. The van der Waals surface area contributed by atoms with Gasteiger partial charge in [-0.25, -0.2) is 0 Å². The smallest absolute Gasteiger partial charge is 0.0793 e. The van der Waals surface area contributed by atoms with Crippen LogP contribution in [0.2, 0.25) is 0 Å². The van der Waals surface area contributed by atoms with E-state index < -0.39 is 0 Å². The first-order valence-corrected chi connectivity index (χ1v) is 11.7. The van der Waals surface area contributed by atoms with E-state index in [0.717, 1.165) is 77.5 Å². The molecule has 0 amide bonds. The van der Waals surface area contributed by atoms with Gasteiger partial charge in [0.05, 0.1) is 29.1 Å². The zero-order valence-corrected chi connectivity index (χ0v) is 18.4. The Bertz CT molecular complexity index is 551. The van der Waals surface area contributed by atoms with E-state index >= 15 is 0 Å². The predicted octanol–water partition coefficient (Wildman–Crippen LogP) is 2.17. The monoisotopic (exact) mass is 418 g/mol. The van der Waals surface area contributed by atoms with E-state index in [4.69, 9.17) is 9.47 Å². The number of nitrogens with zero attached hydrogens (tertiary/aromatic N) is 4. The first kappa shape index (κ1) is 23.4. The average molecular weight is 419 g/mol. The van der Waals surface area contributed by atoms with Gasteiger partial charge in [-0.1, -0.05) is 0 Å². The molecule has 0 bridgehead atoms. The summed E-state index contributed by atoms with van der Waals surface area (Å²) in [5.41, 5.74) is -0.425. The fraction of sp³-hybridized carbons (Fsp3) is 0.913. The minimum absolute atomic E-state index is 0.213. The number of aliphatic hydroxyl groups is 1. The van der Waals surface area contributed by atoms with Crippen molar-refractivity contribution in [1.82, 2.24) is 9.80 Å². The molecule has 3 aliphatic rings. The molecule has 0 spiro atoms. The first-order chi connectivity index (χ1) is 14.6. The molecule has 0 unspecified atom stereocenters. The van der Waals surface area contributed by atoms with Crippen LogP contribution in [0.25, 0.3) is 0 Å². The molecule has 3 aliphatic heterocycles. The molecule has 1 N–H and O–H groups in total. The lowest BCUT2D eigenvalue weighted by molar-refractivity contribution is 0.0343. The highest BCUT2D eigenvalue weighted by Gasteiger charge is 2.33. The van der Waals surface area contributed by atoms with E-state index in [2.05, 4.69) is 21.9 Å². The van der Waals surface area contributed by atoms with Crippen LogP contribution in [0.3, 0.4) is 0 Å². The first-order valence-electron chi connectivity index (χ1n) is 11.7. The van der Waals surface area contributed by atoms with Gasteiger partial charge in [0.1, 0.15) is 0 Å². The van der Waals surface area contributed by atoms with Crippen molar-refractivity contribution in [2.75, 3.05) is 65.7 Å². The van der Waals surface area contributed by atoms with Crippen LogP contribution in [-0.2, 0) is 9.47 Å². The molecule has 3 rings (SSSR count). The maximum atomic E-state index is 10.5. The Morgan fingerprint density at radius 3 is 1.53 bits per heavy atom. The summed E-state index contributed by atoms with van der Waals surface area (Å²) in [6.45, 7) is 8.00. The second kappa shape index (κ2) is 11.4. The Balaban J connectivity index is 1.38. The van der Waals surface area contributed by atoms with Crippen LogP contribution in [-0.4, -0.2) is 86.7 Å². The van der Waals surface area contributed by atoms with Crippen molar-refractivity contribution in [3.05, 3.63) is 0 Å². The predicted molar refractivity (Wildman–Crippen MR) is 114 cm³/mol. The number of ether oxygens (including phenoxy) is 2. The van der Waals surface area contributed by atoms with Crippen LogP contribution < -0.4 is 0 Å². The Morgan fingerprint density at radius 1 is 0.767 bits per heavy atom. The van der Waals surface area contributed by atoms with Crippen molar-refractivity contribution < 1.29 is 14.6 Å². The van der Waals surface area contributed by atoms with Gasteiger partial charge in [-0.05, 0) is 64.5 Å². The highest BCUT2D eigenvalue weighted by molar-refractivity contribution is 5.01. The number of β-amino-alcohol motifs (C(OH)–C–C–N with tert-alkyl or cyclic N) is 1. The zero-order chi connectivity index (χ0) is 21.3. The third-order valence-corrected chi connectivity index (χ3v) is 7.30. The van der Waals surface area contributed by atoms with E-state index in [1.807, 2.05) is 0 Å². The summed E-state index contributed by atoms with van der Waals surface area (Å²) in [5, 5.41) is 29.7. The van der Waals surface area contributed by atoms with Gasteiger partial charge in [-0.2, -0.15) is 10.5 Å². The van der Waals surface area contributed by atoms with Gasteiger partial charge < -0.3 is 14.6 Å². The molecule has 3 saturated heterocycles. The summed E-state index contributed by atoms with van der Waals surface area (Å²) in [5.74, 6) is 0. The van der Waals surface area contributed by atoms with Gasteiger partial charge in [-0.3, -0.25) is 9.80 Å². The molecule has 7 nitrogen and oxygen atoms in total. The number of rotatable bonds is 8. The molecule has 3 heterocycles. The minimum atomic E-state index is -0.339. The minimum Gasteiger partial charge on any atom is -0.390 e. The van der Waals surface area contributed by atoms with Gasteiger partial charge in [0.15, 0.2) is 0 Å². The van der Waals surface area contributed by atoms with Crippen molar-refractivity contribution in [3.8, 4) is 12.1 Å². The van der Waals surface area contributed by atoms with Gasteiger partial charge in [0.25, 0.3) is 0 Å². The number of hydrogen-bond acceptors (Lipinski definition) is 7. The molecule has 0 saturated carbocycles. The van der Waals surface area contributed by atoms with E-state index in [-0.39, 0.29) is 16.9 Å². The van der Waals surface area contributed by atoms with Crippen molar-refractivity contribution in [1.29, 1.82) is 10.5 Å². The Labute approximate surface area is 181 Å². The SMILES string of the molecule is N#CC1(CCCN2CCN(CCCC3(C#N)CCOCC3)CC(O)C2)CCOCC1. The van der Waals surface area contributed by atoms with E-state index in [1.165, 1.54) is 0 Å². The quantitative estimate of drug-likeness (QED) is 0.646. The number of aliphatic hydroxyl groups excluding tert-OH is 1. The average Bonchev–Trinajstić information content (AvgIpc) is 2.95. The zero-order valence-electron chi connectivity index (χ0n) is 18.4. The molecule has 7 heteroatoms. The van der Waals surface area contributed by atoms with Crippen LogP contribution in [0.15, 0.2) is 0 Å². The summed E-state index contributed by atoms with van der Waals surface area (Å²) in [6.07, 6.45) is 6.86. The number of hydrogen-bond donors (Lipinski definition) is 1. The van der Waals surface area contributed by atoms with Gasteiger partial charge >= 0.3 is 0 Å². The van der Waals surface area contributed by atoms with Crippen molar-refractivity contribution in [3.63, 3.8) is 0 Å². The molecule has 0 aliphatic carbocycles. The Hall–Kier alpha value is -1.22. The van der Waals surface area contributed by atoms with Crippen LogP contribution in [0.4, 0.5) is 0 Å². The molecular formula is C23H38N4O3. The van der Waals surface area contributed by atoms with Crippen molar-refractivity contribution in [2.24, 2.45) is 10.8 Å². The van der Waals surface area contributed by atoms with Crippen molar-refractivity contribution in [2.45, 2.75) is 57.5 Å². The summed E-state index contributed by atoms with van der Waals surface area (Å²) in [6, 6.07) is 5.11. The molecular weight excluding hydrogens is 380 g/mol. The molecule has 0 radical (unpaired) electrons. The van der Waals surface area contributed by atoms with Gasteiger partial charge in [0, 0.05) is 52.6 Å². The molecule has 0 aromatic rings. The second-order valence-corrected chi connectivity index (χ2v) is 9.47. The molecule has 3 fully saturated rings. The molecule has 0 aromatic carbocycles. The van der Waals surface area contributed by atoms with Crippen LogP contribution in [0.1, 0.15) is 51.4 Å². The standard InChI is InChI=1S/C23H38N4O3/c24-19-22(5-13-29-14-6-22)3-1-9-26-11-12-27(18-21(28)17-26)10-2-4-23(20-25)7-15-30-16-8-23/h21,28H,1-18H2. The fourth-order valence-corrected chi connectivity index (χ4v) is 5.17. The summed E-state index contributed by atoms with van der Waals surface area (Å²) < 4.78 is 10.9. The highest BCUT2D eigenvalue weighted by Crippen LogP contribution is 2.35. The lowest BCUT2D eigenvalue weighted by Crippen LogP contribution is -2.35. The maximum absolute atomic E-state index is 10.5. The summed E-state index contributed by atoms with van der Waals surface area (Å²) in [4.78, 5) is 4.70. The van der Waals surface area contributed by atoms with E-state index in [0.29, 0.717) is 39.5 Å². The maximum Gasteiger partial charge on any atom is 0.0793 e. The second-order valence-electron chi connectivity index (χ2n) is 9.47. The summed E-state index contributed by atoms with van der Waals surface area (Å²) >= 11 is 0. The topological polar surface area (TPSA) is 92.8 Å². The lowest BCUT2D eigenvalue weighted by atomic mass is 9.78. The normalized spacial score (nSPS) is 25.8. The third kappa shape index (κ3) is 6.64. The molecule has 0 atom stereocenters. The van der Waals surface area contributed by atoms with Crippen LogP contribution in [0, 0.1) is 33.5 Å². The van der Waals surface area contributed by atoms with Crippen molar-refractivity contribution >= 4 is 0 Å². The molecule has 168 valence electrons.